The quantitative estimate of drug-likeness (QED) is 0.896. The molecular formula is C18H20ClN. The molecule has 1 aliphatic rings. The van der Waals surface area contributed by atoms with E-state index in [1.807, 2.05) is 12.1 Å². The maximum atomic E-state index is 6.41. The van der Waals surface area contributed by atoms with Crippen molar-refractivity contribution in [3.05, 3.63) is 70.2 Å². The Kier molecular flexibility index (Phi) is 3.82. The zero-order valence-electron chi connectivity index (χ0n) is 11.8. The molecule has 1 heterocycles. The van der Waals surface area contributed by atoms with Crippen LogP contribution in [0.3, 0.4) is 0 Å². The zero-order valence-corrected chi connectivity index (χ0v) is 12.6. The molecule has 1 saturated heterocycles. The maximum Gasteiger partial charge on any atom is 0.0444 e. The fraction of sp³-hybridized carbons (Fsp3) is 0.333. The van der Waals surface area contributed by atoms with Gasteiger partial charge in [-0.15, -0.1) is 0 Å². The Labute approximate surface area is 126 Å². The third kappa shape index (κ3) is 2.48. The predicted octanol–water partition coefficient (Wildman–Crippen LogP) is 3.99. The van der Waals surface area contributed by atoms with E-state index in [0.717, 1.165) is 31.0 Å². The topological polar surface area (TPSA) is 12.0 Å². The van der Waals surface area contributed by atoms with E-state index in [0.29, 0.717) is 0 Å². The zero-order chi connectivity index (χ0) is 14.0. The van der Waals surface area contributed by atoms with Crippen molar-refractivity contribution in [2.24, 2.45) is 0 Å². The Balaban J connectivity index is 1.88. The van der Waals surface area contributed by atoms with Gasteiger partial charge in [0.1, 0.15) is 0 Å². The van der Waals surface area contributed by atoms with Crippen molar-refractivity contribution in [1.82, 2.24) is 5.32 Å². The molecule has 3 rings (SSSR count). The summed E-state index contributed by atoms with van der Waals surface area (Å²) in [6, 6.07) is 17.2. The number of hydrogen-bond acceptors (Lipinski definition) is 1. The Bertz CT molecular complexity index is 585. The van der Waals surface area contributed by atoms with Crippen LogP contribution < -0.4 is 5.32 Å². The standard InChI is InChI=1S/C18H20ClN/c1-2-14-7-9-15(10-8-14)11-18(12-20-13-18)16-5-3-4-6-17(16)19/h3-10,20H,2,11-13H2,1H3. The van der Waals surface area contributed by atoms with Gasteiger partial charge in [-0.3, -0.25) is 0 Å². The molecule has 0 amide bonds. The van der Waals surface area contributed by atoms with Crippen LogP contribution in [-0.4, -0.2) is 13.1 Å². The van der Waals surface area contributed by atoms with Gasteiger partial charge in [-0.25, -0.2) is 0 Å². The van der Waals surface area contributed by atoms with Gasteiger partial charge >= 0.3 is 0 Å². The fourth-order valence-corrected chi connectivity index (χ4v) is 3.35. The normalized spacial score (nSPS) is 16.7. The van der Waals surface area contributed by atoms with Crippen LogP contribution in [0.1, 0.15) is 23.6 Å². The summed E-state index contributed by atoms with van der Waals surface area (Å²) in [5.41, 5.74) is 4.22. The van der Waals surface area contributed by atoms with Crippen LogP contribution in [0.25, 0.3) is 0 Å². The van der Waals surface area contributed by atoms with Crippen molar-refractivity contribution in [2.45, 2.75) is 25.2 Å². The van der Waals surface area contributed by atoms with Crippen LogP contribution in [0, 0.1) is 0 Å². The van der Waals surface area contributed by atoms with Crippen LogP contribution in [0.15, 0.2) is 48.5 Å². The van der Waals surface area contributed by atoms with Crippen LogP contribution >= 0.6 is 11.6 Å². The second-order valence-corrected chi connectivity index (χ2v) is 6.12. The summed E-state index contributed by atoms with van der Waals surface area (Å²) in [7, 11) is 0. The molecule has 0 aliphatic carbocycles. The van der Waals surface area contributed by atoms with Crippen molar-refractivity contribution >= 4 is 11.6 Å². The number of benzene rings is 2. The van der Waals surface area contributed by atoms with Gasteiger partial charge in [-0.2, -0.15) is 0 Å². The summed E-state index contributed by atoms with van der Waals surface area (Å²) in [4.78, 5) is 0. The van der Waals surface area contributed by atoms with E-state index in [1.165, 1.54) is 16.7 Å². The second-order valence-electron chi connectivity index (χ2n) is 5.71. The van der Waals surface area contributed by atoms with E-state index in [-0.39, 0.29) is 5.41 Å². The predicted molar refractivity (Wildman–Crippen MR) is 85.5 cm³/mol. The highest BCUT2D eigenvalue weighted by Gasteiger charge is 2.39. The number of hydrogen-bond donors (Lipinski definition) is 1. The smallest absolute Gasteiger partial charge is 0.0444 e. The van der Waals surface area contributed by atoms with Gasteiger partial charge < -0.3 is 5.32 Å². The monoisotopic (exact) mass is 285 g/mol. The molecule has 1 aliphatic heterocycles. The van der Waals surface area contributed by atoms with Crippen LogP contribution in [0.5, 0.6) is 0 Å². The highest BCUT2D eigenvalue weighted by Crippen LogP contribution is 2.36. The molecule has 0 bridgehead atoms. The molecule has 0 unspecified atom stereocenters. The van der Waals surface area contributed by atoms with E-state index >= 15 is 0 Å². The Morgan fingerprint density at radius 2 is 1.65 bits per heavy atom. The van der Waals surface area contributed by atoms with Crippen LogP contribution in [0.2, 0.25) is 5.02 Å². The lowest BCUT2D eigenvalue weighted by atomic mass is 9.71. The van der Waals surface area contributed by atoms with E-state index in [4.69, 9.17) is 11.6 Å². The largest absolute Gasteiger partial charge is 0.315 e. The Morgan fingerprint density at radius 1 is 1.00 bits per heavy atom. The molecule has 0 radical (unpaired) electrons. The molecule has 0 spiro atoms. The average Bonchev–Trinajstić information content (AvgIpc) is 2.44. The molecule has 1 N–H and O–H groups in total. The van der Waals surface area contributed by atoms with Gasteiger partial charge in [-0.05, 0) is 35.6 Å². The van der Waals surface area contributed by atoms with Gasteiger partial charge in [0, 0.05) is 23.5 Å². The van der Waals surface area contributed by atoms with Gasteiger partial charge in [0.05, 0.1) is 0 Å². The summed E-state index contributed by atoms with van der Waals surface area (Å²) < 4.78 is 0. The minimum Gasteiger partial charge on any atom is -0.315 e. The minimum absolute atomic E-state index is 0.159. The van der Waals surface area contributed by atoms with Crippen LogP contribution in [0.4, 0.5) is 0 Å². The number of aryl methyl sites for hydroxylation is 1. The summed E-state index contributed by atoms with van der Waals surface area (Å²) in [5, 5.41) is 4.30. The molecule has 0 atom stereocenters. The number of halogens is 1. The van der Waals surface area contributed by atoms with E-state index < -0.39 is 0 Å². The van der Waals surface area contributed by atoms with Gasteiger partial charge in [0.25, 0.3) is 0 Å². The van der Waals surface area contributed by atoms with Crippen molar-refractivity contribution in [2.75, 3.05) is 13.1 Å². The summed E-state index contributed by atoms with van der Waals surface area (Å²) >= 11 is 6.41. The van der Waals surface area contributed by atoms with E-state index in [1.54, 1.807) is 0 Å². The van der Waals surface area contributed by atoms with Crippen LogP contribution in [-0.2, 0) is 18.3 Å². The van der Waals surface area contributed by atoms with Crippen molar-refractivity contribution < 1.29 is 0 Å². The molecule has 2 aromatic carbocycles. The molecular weight excluding hydrogens is 266 g/mol. The number of nitrogens with one attached hydrogen (secondary N) is 1. The molecule has 104 valence electrons. The van der Waals surface area contributed by atoms with E-state index in [9.17, 15) is 0 Å². The van der Waals surface area contributed by atoms with Crippen molar-refractivity contribution in [3.8, 4) is 0 Å². The number of rotatable bonds is 4. The first-order valence-corrected chi connectivity index (χ1v) is 7.65. The first kappa shape index (κ1) is 13.7. The molecule has 0 aromatic heterocycles. The Morgan fingerprint density at radius 3 is 2.20 bits per heavy atom. The molecule has 2 aromatic rings. The molecule has 1 fully saturated rings. The average molecular weight is 286 g/mol. The fourth-order valence-electron chi connectivity index (χ4n) is 3.01. The molecule has 20 heavy (non-hydrogen) atoms. The third-order valence-corrected chi connectivity index (χ3v) is 4.68. The van der Waals surface area contributed by atoms with Gasteiger partial charge in [-0.1, -0.05) is 61.0 Å². The molecule has 0 saturated carbocycles. The Hall–Kier alpha value is -1.31. The van der Waals surface area contributed by atoms with Crippen molar-refractivity contribution in [3.63, 3.8) is 0 Å². The molecule has 2 heteroatoms. The lowest BCUT2D eigenvalue weighted by Crippen LogP contribution is -2.58. The summed E-state index contributed by atoms with van der Waals surface area (Å²) in [6.07, 6.45) is 2.14. The first-order chi connectivity index (χ1) is 9.73. The van der Waals surface area contributed by atoms with Gasteiger partial charge in [0.2, 0.25) is 0 Å². The van der Waals surface area contributed by atoms with E-state index in [2.05, 4.69) is 48.6 Å². The SMILES string of the molecule is CCc1ccc(CC2(c3ccccc3Cl)CNC2)cc1. The lowest BCUT2D eigenvalue weighted by Gasteiger charge is -2.44. The third-order valence-electron chi connectivity index (χ3n) is 4.35. The summed E-state index contributed by atoms with van der Waals surface area (Å²) in [6.45, 7) is 4.20. The van der Waals surface area contributed by atoms with Crippen molar-refractivity contribution in [1.29, 1.82) is 0 Å². The second kappa shape index (κ2) is 5.59. The summed E-state index contributed by atoms with van der Waals surface area (Å²) in [5.74, 6) is 0. The highest BCUT2D eigenvalue weighted by molar-refractivity contribution is 6.31. The van der Waals surface area contributed by atoms with Gasteiger partial charge in [0.15, 0.2) is 0 Å². The maximum absolute atomic E-state index is 6.41. The lowest BCUT2D eigenvalue weighted by molar-refractivity contribution is 0.275. The molecule has 1 nitrogen and oxygen atoms in total. The minimum atomic E-state index is 0.159. The highest BCUT2D eigenvalue weighted by atomic mass is 35.5. The first-order valence-electron chi connectivity index (χ1n) is 7.27.